The molecule has 5 nitrogen and oxygen atoms in total. The Kier molecular flexibility index (Phi) is 5.55. The molecule has 2 aromatic heterocycles. The molecule has 1 N–H and O–H groups in total. The van der Waals surface area contributed by atoms with Crippen molar-refractivity contribution in [2.24, 2.45) is 0 Å². The fourth-order valence-corrected chi connectivity index (χ4v) is 5.21. The van der Waals surface area contributed by atoms with E-state index in [1.165, 1.54) is 35.9 Å². The van der Waals surface area contributed by atoms with Crippen molar-refractivity contribution < 1.29 is 4.79 Å². The zero-order valence-electron chi connectivity index (χ0n) is 16.0. The smallest absolute Gasteiger partial charge is 0.276 e. The van der Waals surface area contributed by atoms with Gasteiger partial charge in [0.15, 0.2) is 5.16 Å². The summed E-state index contributed by atoms with van der Waals surface area (Å²) in [6, 6.07) is 8.19. The van der Waals surface area contributed by atoms with E-state index in [4.69, 9.17) is 4.98 Å². The number of carbonyl (C=O) groups excluding carboxylic acids is 1. The number of rotatable bonds is 5. The number of aryl methyl sites for hydroxylation is 2. The molecule has 1 fully saturated rings. The molecule has 4 rings (SSSR count). The van der Waals surface area contributed by atoms with Crippen molar-refractivity contribution in [3.05, 3.63) is 51.1 Å². The minimum atomic E-state index is -0.0765. The lowest BCUT2D eigenvalue weighted by Crippen LogP contribution is -2.34. The average molecular weight is 414 g/mol. The fraction of sp³-hybridized carbons (Fsp3) is 0.381. The predicted octanol–water partition coefficient (Wildman–Crippen LogP) is 4.21. The van der Waals surface area contributed by atoms with Crippen LogP contribution in [0.15, 0.2) is 39.6 Å². The Bertz CT molecular complexity index is 1080. The van der Waals surface area contributed by atoms with Gasteiger partial charge in [-0.2, -0.15) is 0 Å². The third kappa shape index (κ3) is 3.86. The first-order valence-corrected chi connectivity index (χ1v) is 11.4. The van der Waals surface area contributed by atoms with Crippen LogP contribution in [-0.4, -0.2) is 27.3 Å². The summed E-state index contributed by atoms with van der Waals surface area (Å²) in [5, 5.41) is 5.55. The van der Waals surface area contributed by atoms with Gasteiger partial charge in [-0.05, 0) is 55.3 Å². The average Bonchev–Trinajstić information content (AvgIpc) is 3.34. The summed E-state index contributed by atoms with van der Waals surface area (Å²) >= 11 is 2.73. The second-order valence-electron chi connectivity index (χ2n) is 7.30. The van der Waals surface area contributed by atoms with Crippen LogP contribution < -0.4 is 10.9 Å². The SMILES string of the molecule is Cc1ccc(C)c(-n2c(SCC(=O)NC3CCCC3)nc3ccsc3c2=O)c1. The predicted molar refractivity (Wildman–Crippen MR) is 116 cm³/mol. The van der Waals surface area contributed by atoms with Gasteiger partial charge in [0.05, 0.1) is 17.0 Å². The number of nitrogens with one attached hydrogen (secondary N) is 1. The molecule has 3 aromatic rings. The van der Waals surface area contributed by atoms with E-state index >= 15 is 0 Å². The van der Waals surface area contributed by atoms with Gasteiger partial charge < -0.3 is 5.32 Å². The van der Waals surface area contributed by atoms with Crippen molar-refractivity contribution in [3.8, 4) is 5.69 Å². The van der Waals surface area contributed by atoms with Gasteiger partial charge in [0.1, 0.15) is 4.70 Å². The van der Waals surface area contributed by atoms with Crippen molar-refractivity contribution in [3.63, 3.8) is 0 Å². The molecule has 1 amide bonds. The van der Waals surface area contributed by atoms with E-state index in [9.17, 15) is 9.59 Å². The summed E-state index contributed by atoms with van der Waals surface area (Å²) < 4.78 is 2.30. The van der Waals surface area contributed by atoms with E-state index in [1.54, 1.807) is 4.57 Å². The molecule has 1 aromatic carbocycles. The lowest BCUT2D eigenvalue weighted by molar-refractivity contribution is -0.119. The van der Waals surface area contributed by atoms with Crippen molar-refractivity contribution in [1.29, 1.82) is 0 Å². The molecule has 0 aliphatic heterocycles. The topological polar surface area (TPSA) is 64.0 Å². The number of carbonyl (C=O) groups is 1. The number of thioether (sulfide) groups is 1. The first-order valence-electron chi connectivity index (χ1n) is 9.53. The maximum Gasteiger partial charge on any atom is 0.276 e. The molecule has 0 atom stereocenters. The first-order chi connectivity index (χ1) is 13.5. The quantitative estimate of drug-likeness (QED) is 0.503. The number of nitrogens with zero attached hydrogens (tertiary/aromatic N) is 2. The van der Waals surface area contributed by atoms with E-state index in [0.717, 1.165) is 29.7 Å². The summed E-state index contributed by atoms with van der Waals surface area (Å²) in [4.78, 5) is 30.3. The van der Waals surface area contributed by atoms with Crippen LogP contribution in [0.1, 0.15) is 36.8 Å². The number of hydrogen-bond acceptors (Lipinski definition) is 5. The van der Waals surface area contributed by atoms with Gasteiger partial charge in [-0.3, -0.25) is 14.2 Å². The zero-order chi connectivity index (χ0) is 19.7. The van der Waals surface area contributed by atoms with Gasteiger partial charge in [0, 0.05) is 6.04 Å². The standard InChI is InChI=1S/C21H23N3O2S2/c1-13-7-8-14(2)17(11-13)24-20(26)19-16(9-10-27-19)23-21(24)28-12-18(25)22-15-5-3-4-6-15/h7-11,15H,3-6,12H2,1-2H3,(H,22,25). The highest BCUT2D eigenvalue weighted by molar-refractivity contribution is 7.99. The highest BCUT2D eigenvalue weighted by Crippen LogP contribution is 2.26. The summed E-state index contributed by atoms with van der Waals surface area (Å²) in [5.74, 6) is 0.257. The Morgan fingerprint density at radius 2 is 2.07 bits per heavy atom. The van der Waals surface area contributed by atoms with E-state index in [-0.39, 0.29) is 17.2 Å². The number of aromatic nitrogens is 2. The van der Waals surface area contributed by atoms with Crippen LogP contribution in [0.4, 0.5) is 0 Å². The molecule has 0 unspecified atom stereocenters. The molecule has 0 spiro atoms. The Hall–Kier alpha value is -2.12. The zero-order valence-corrected chi connectivity index (χ0v) is 17.7. The molecule has 7 heteroatoms. The normalized spacial score (nSPS) is 14.6. The van der Waals surface area contributed by atoms with Crippen LogP contribution in [0.2, 0.25) is 0 Å². The molecule has 28 heavy (non-hydrogen) atoms. The number of benzene rings is 1. The van der Waals surface area contributed by atoms with Gasteiger partial charge in [0.25, 0.3) is 5.56 Å². The molecule has 1 aliphatic rings. The molecular formula is C21H23N3O2S2. The number of hydrogen-bond donors (Lipinski definition) is 1. The van der Waals surface area contributed by atoms with Crippen molar-refractivity contribution >= 4 is 39.2 Å². The van der Waals surface area contributed by atoms with E-state index in [1.807, 2.05) is 43.5 Å². The highest BCUT2D eigenvalue weighted by atomic mass is 32.2. The number of thiophene rings is 1. The largest absolute Gasteiger partial charge is 0.353 e. The Balaban J connectivity index is 1.69. The third-order valence-corrected chi connectivity index (χ3v) is 6.94. The van der Waals surface area contributed by atoms with Gasteiger partial charge >= 0.3 is 0 Å². The van der Waals surface area contributed by atoms with Crippen LogP contribution in [0, 0.1) is 13.8 Å². The van der Waals surface area contributed by atoms with Gasteiger partial charge in [0.2, 0.25) is 5.91 Å². The maximum atomic E-state index is 13.2. The van der Waals surface area contributed by atoms with Crippen LogP contribution in [0.25, 0.3) is 15.9 Å². The highest BCUT2D eigenvalue weighted by Gasteiger charge is 2.20. The monoisotopic (exact) mass is 413 g/mol. The van der Waals surface area contributed by atoms with Gasteiger partial charge in [-0.15, -0.1) is 11.3 Å². The van der Waals surface area contributed by atoms with E-state index < -0.39 is 0 Å². The molecule has 146 valence electrons. The summed E-state index contributed by atoms with van der Waals surface area (Å²) in [7, 11) is 0. The van der Waals surface area contributed by atoms with Crippen LogP contribution >= 0.6 is 23.1 Å². The first kappa shape index (κ1) is 19.2. The molecule has 0 saturated heterocycles. The maximum absolute atomic E-state index is 13.2. The summed E-state index contributed by atoms with van der Waals surface area (Å²) in [5.41, 5.74) is 3.52. The van der Waals surface area contributed by atoms with E-state index in [2.05, 4.69) is 5.32 Å². The van der Waals surface area contributed by atoms with Gasteiger partial charge in [-0.1, -0.05) is 36.7 Å². The summed E-state index contributed by atoms with van der Waals surface area (Å²) in [6.45, 7) is 3.99. The minimum Gasteiger partial charge on any atom is -0.353 e. The molecule has 0 bridgehead atoms. The Morgan fingerprint density at radius 1 is 1.29 bits per heavy atom. The van der Waals surface area contributed by atoms with Crippen molar-refractivity contribution in [2.75, 3.05) is 5.75 Å². The fourth-order valence-electron chi connectivity index (χ4n) is 3.63. The Labute approximate surface area is 172 Å². The van der Waals surface area contributed by atoms with Crippen molar-refractivity contribution in [2.45, 2.75) is 50.7 Å². The van der Waals surface area contributed by atoms with Crippen LogP contribution in [-0.2, 0) is 4.79 Å². The van der Waals surface area contributed by atoms with Crippen LogP contribution in [0.3, 0.4) is 0 Å². The molecule has 1 saturated carbocycles. The van der Waals surface area contributed by atoms with Crippen molar-refractivity contribution in [1.82, 2.24) is 14.9 Å². The lowest BCUT2D eigenvalue weighted by Gasteiger charge is -2.15. The third-order valence-electron chi connectivity index (χ3n) is 5.11. The molecular weight excluding hydrogens is 390 g/mol. The Morgan fingerprint density at radius 3 is 2.86 bits per heavy atom. The number of amides is 1. The second-order valence-corrected chi connectivity index (χ2v) is 9.16. The minimum absolute atomic E-state index is 0.00378. The van der Waals surface area contributed by atoms with Crippen LogP contribution in [0.5, 0.6) is 0 Å². The molecule has 2 heterocycles. The lowest BCUT2D eigenvalue weighted by atomic mass is 10.1. The summed E-state index contributed by atoms with van der Waals surface area (Å²) in [6.07, 6.45) is 4.48. The second kappa shape index (κ2) is 8.09. The van der Waals surface area contributed by atoms with E-state index in [0.29, 0.717) is 21.4 Å². The van der Waals surface area contributed by atoms with Gasteiger partial charge in [-0.25, -0.2) is 4.98 Å². The molecule has 1 aliphatic carbocycles. The number of fused-ring (bicyclic) bond motifs is 1. The molecule has 0 radical (unpaired) electrons.